The van der Waals surface area contributed by atoms with Gasteiger partial charge in [0.2, 0.25) is 0 Å². The first-order valence-electron chi connectivity index (χ1n) is 9.42. The van der Waals surface area contributed by atoms with E-state index in [0.29, 0.717) is 15.8 Å². The molecule has 0 bridgehead atoms. The lowest BCUT2D eigenvalue weighted by atomic mass is 10.0. The summed E-state index contributed by atoms with van der Waals surface area (Å²) in [5, 5.41) is 0. The molecule has 4 nitrogen and oxygen atoms in total. The smallest absolute Gasteiger partial charge is 0.266 e. The minimum Gasteiger partial charge on any atom is -0.379 e. The number of benzene rings is 2. The van der Waals surface area contributed by atoms with E-state index in [4.69, 9.17) is 17.0 Å². The highest BCUT2D eigenvalue weighted by Gasteiger charge is 2.32. The van der Waals surface area contributed by atoms with Gasteiger partial charge in [0.1, 0.15) is 4.32 Å². The first-order chi connectivity index (χ1) is 13.7. The van der Waals surface area contributed by atoms with Crippen LogP contribution in [0.25, 0.3) is 17.2 Å². The van der Waals surface area contributed by atoms with E-state index in [1.165, 1.54) is 17.3 Å². The number of thioether (sulfide) groups is 1. The summed E-state index contributed by atoms with van der Waals surface area (Å²) < 4.78 is 6.02. The fourth-order valence-electron chi connectivity index (χ4n) is 3.31. The number of ether oxygens (including phenoxy) is 1. The van der Waals surface area contributed by atoms with Gasteiger partial charge >= 0.3 is 0 Å². The Balaban J connectivity index is 1.42. The lowest BCUT2D eigenvalue weighted by molar-refractivity contribution is -0.122. The molecule has 0 atom stereocenters. The predicted octanol–water partition coefficient (Wildman–Crippen LogP) is 3.89. The van der Waals surface area contributed by atoms with Gasteiger partial charge in [-0.3, -0.25) is 14.6 Å². The van der Waals surface area contributed by atoms with E-state index in [9.17, 15) is 4.79 Å². The minimum absolute atomic E-state index is 0.00963. The zero-order valence-electron chi connectivity index (χ0n) is 15.5. The standard InChI is InChI=1S/C22H22N2O2S2/c25-21-20(28-22(27)24(21)11-10-23-12-14-26-15-13-23)16-17-6-8-19(9-7-17)18-4-2-1-3-5-18/h1-9,16H,10-15H2. The van der Waals surface area contributed by atoms with E-state index in [2.05, 4.69) is 29.2 Å². The van der Waals surface area contributed by atoms with Gasteiger partial charge in [-0.05, 0) is 22.8 Å². The van der Waals surface area contributed by atoms with Crippen molar-refractivity contribution in [1.82, 2.24) is 9.80 Å². The Morgan fingerprint density at radius 3 is 2.36 bits per heavy atom. The second-order valence-corrected chi connectivity index (χ2v) is 8.45. The molecule has 0 spiro atoms. The molecular weight excluding hydrogens is 388 g/mol. The van der Waals surface area contributed by atoms with Crippen molar-refractivity contribution in [1.29, 1.82) is 0 Å². The summed E-state index contributed by atoms with van der Waals surface area (Å²) >= 11 is 6.84. The van der Waals surface area contributed by atoms with Crippen LogP contribution in [-0.4, -0.2) is 59.4 Å². The van der Waals surface area contributed by atoms with E-state index >= 15 is 0 Å². The van der Waals surface area contributed by atoms with E-state index in [0.717, 1.165) is 44.0 Å². The number of carbonyl (C=O) groups is 1. The van der Waals surface area contributed by atoms with Crippen LogP contribution < -0.4 is 0 Å². The fourth-order valence-corrected chi connectivity index (χ4v) is 4.62. The number of nitrogens with zero attached hydrogens (tertiary/aromatic N) is 2. The van der Waals surface area contributed by atoms with Gasteiger partial charge in [-0.1, -0.05) is 78.6 Å². The van der Waals surface area contributed by atoms with Crippen LogP contribution in [0, 0.1) is 0 Å². The van der Waals surface area contributed by atoms with Crippen LogP contribution in [0.1, 0.15) is 5.56 Å². The van der Waals surface area contributed by atoms with Crippen molar-refractivity contribution < 1.29 is 9.53 Å². The van der Waals surface area contributed by atoms with Crippen molar-refractivity contribution in [2.45, 2.75) is 0 Å². The second-order valence-electron chi connectivity index (χ2n) is 6.78. The van der Waals surface area contributed by atoms with Crippen molar-refractivity contribution in [2.24, 2.45) is 0 Å². The summed E-state index contributed by atoms with van der Waals surface area (Å²) in [6.07, 6.45) is 1.93. The summed E-state index contributed by atoms with van der Waals surface area (Å²) in [5.41, 5.74) is 3.35. The van der Waals surface area contributed by atoms with Crippen LogP contribution in [0.15, 0.2) is 59.5 Å². The number of carbonyl (C=O) groups excluding carboxylic acids is 1. The van der Waals surface area contributed by atoms with Crippen molar-refractivity contribution in [3.63, 3.8) is 0 Å². The third kappa shape index (κ3) is 4.52. The highest BCUT2D eigenvalue weighted by molar-refractivity contribution is 8.26. The topological polar surface area (TPSA) is 32.8 Å². The average molecular weight is 411 g/mol. The molecule has 2 fully saturated rings. The van der Waals surface area contributed by atoms with Crippen molar-refractivity contribution in [3.8, 4) is 11.1 Å². The van der Waals surface area contributed by atoms with Crippen molar-refractivity contribution >= 4 is 40.3 Å². The monoisotopic (exact) mass is 410 g/mol. The largest absolute Gasteiger partial charge is 0.379 e. The van der Waals surface area contributed by atoms with Crippen molar-refractivity contribution in [3.05, 3.63) is 65.1 Å². The molecule has 2 aliphatic heterocycles. The number of hydrogen-bond donors (Lipinski definition) is 0. The van der Waals surface area contributed by atoms with Gasteiger partial charge in [0.05, 0.1) is 18.1 Å². The third-order valence-electron chi connectivity index (χ3n) is 4.93. The molecule has 0 aliphatic carbocycles. The van der Waals surface area contributed by atoms with Crippen LogP contribution in [0.3, 0.4) is 0 Å². The van der Waals surface area contributed by atoms with Crippen LogP contribution >= 0.6 is 24.0 Å². The molecule has 6 heteroatoms. The van der Waals surface area contributed by atoms with E-state index < -0.39 is 0 Å². The molecule has 0 N–H and O–H groups in total. The fraction of sp³-hybridized carbons (Fsp3) is 0.273. The Kier molecular flexibility index (Phi) is 6.22. The summed E-state index contributed by atoms with van der Waals surface area (Å²) in [5.74, 6) is 0.00963. The molecule has 1 amide bonds. The molecule has 0 aromatic heterocycles. The Bertz CT molecular complexity index is 875. The molecule has 2 aromatic carbocycles. The van der Waals surface area contributed by atoms with Gasteiger partial charge in [0, 0.05) is 26.2 Å². The van der Waals surface area contributed by atoms with Gasteiger partial charge in [-0.15, -0.1) is 0 Å². The highest BCUT2D eigenvalue weighted by atomic mass is 32.2. The second kappa shape index (κ2) is 9.01. The van der Waals surface area contributed by atoms with Gasteiger partial charge < -0.3 is 4.74 Å². The number of amides is 1. The van der Waals surface area contributed by atoms with Crippen LogP contribution in [0.5, 0.6) is 0 Å². The predicted molar refractivity (Wildman–Crippen MR) is 119 cm³/mol. The average Bonchev–Trinajstić information content (AvgIpc) is 3.01. The van der Waals surface area contributed by atoms with E-state index in [1.54, 1.807) is 4.90 Å². The first kappa shape index (κ1) is 19.3. The summed E-state index contributed by atoms with van der Waals surface area (Å²) in [6, 6.07) is 18.5. The number of thiocarbonyl (C=S) groups is 1. The Morgan fingerprint density at radius 1 is 0.964 bits per heavy atom. The molecule has 28 heavy (non-hydrogen) atoms. The Hall–Kier alpha value is -1.99. The van der Waals surface area contributed by atoms with Crippen LogP contribution in [0.4, 0.5) is 0 Å². The highest BCUT2D eigenvalue weighted by Crippen LogP contribution is 2.32. The van der Waals surface area contributed by atoms with Gasteiger partial charge in [-0.25, -0.2) is 0 Å². The van der Waals surface area contributed by atoms with Crippen molar-refractivity contribution in [2.75, 3.05) is 39.4 Å². The summed E-state index contributed by atoms with van der Waals surface area (Å²) in [7, 11) is 0. The zero-order chi connectivity index (χ0) is 19.3. The molecule has 0 unspecified atom stereocenters. The van der Waals surface area contributed by atoms with E-state index in [-0.39, 0.29) is 5.91 Å². The Labute approximate surface area is 175 Å². The summed E-state index contributed by atoms with van der Waals surface area (Å²) in [4.78, 5) is 17.5. The maximum absolute atomic E-state index is 12.8. The molecule has 2 aliphatic rings. The molecule has 2 aromatic rings. The molecule has 0 saturated carbocycles. The lowest BCUT2D eigenvalue weighted by Crippen LogP contribution is -2.42. The number of morpholine rings is 1. The lowest BCUT2D eigenvalue weighted by Gasteiger charge is -2.28. The SMILES string of the molecule is O=C1C(=Cc2ccc(-c3ccccc3)cc2)SC(=S)N1CCN1CCOCC1. The minimum atomic E-state index is 0.00963. The quantitative estimate of drug-likeness (QED) is 0.552. The molecule has 2 heterocycles. The Morgan fingerprint density at radius 2 is 1.64 bits per heavy atom. The maximum Gasteiger partial charge on any atom is 0.266 e. The van der Waals surface area contributed by atoms with Gasteiger partial charge in [-0.2, -0.15) is 0 Å². The van der Waals surface area contributed by atoms with Crippen LogP contribution in [-0.2, 0) is 9.53 Å². The molecular formula is C22H22N2O2S2. The zero-order valence-corrected chi connectivity index (χ0v) is 17.2. The molecule has 2 saturated heterocycles. The van der Waals surface area contributed by atoms with Gasteiger partial charge in [0.15, 0.2) is 0 Å². The normalized spacial score (nSPS) is 19.6. The molecule has 0 radical (unpaired) electrons. The van der Waals surface area contributed by atoms with Gasteiger partial charge in [0.25, 0.3) is 5.91 Å². The maximum atomic E-state index is 12.8. The van der Waals surface area contributed by atoms with E-state index in [1.807, 2.05) is 36.4 Å². The van der Waals surface area contributed by atoms with Crippen LogP contribution in [0.2, 0.25) is 0 Å². The third-order valence-corrected chi connectivity index (χ3v) is 6.31. The number of hydrogen-bond acceptors (Lipinski definition) is 5. The first-order valence-corrected chi connectivity index (χ1v) is 10.6. The molecule has 144 valence electrons. The summed E-state index contributed by atoms with van der Waals surface area (Å²) in [6.45, 7) is 4.81. The molecule has 4 rings (SSSR count). The number of rotatable bonds is 5.